The van der Waals surface area contributed by atoms with Crippen molar-refractivity contribution >= 4 is 10.9 Å². The van der Waals surface area contributed by atoms with Crippen LogP contribution >= 0.6 is 10.9 Å². The molecule has 0 amide bonds. The summed E-state index contributed by atoms with van der Waals surface area (Å²) in [6, 6.07) is 0. The van der Waals surface area contributed by atoms with Gasteiger partial charge in [-0.25, -0.2) is 9.44 Å². The number of hydrogen-bond donors (Lipinski definition) is 4. The topological polar surface area (TPSA) is 70.3 Å². The first-order chi connectivity index (χ1) is 3.12. The zero-order valence-electron chi connectivity index (χ0n) is 4.43. The lowest BCUT2D eigenvalue weighted by Crippen LogP contribution is -2.33. The van der Waals surface area contributed by atoms with Crippen LogP contribution in [0.1, 0.15) is 0 Å². The third kappa shape index (κ3) is 2.84. The molecule has 0 rings (SSSR count). The highest BCUT2D eigenvalue weighted by molar-refractivity contribution is 8.23. The van der Waals surface area contributed by atoms with Gasteiger partial charge in [-0.05, 0) is 14.1 Å². The molecule has 0 bridgehead atoms. The van der Waals surface area contributed by atoms with Crippen LogP contribution in [0.2, 0.25) is 0 Å². The second-order valence-electron chi connectivity index (χ2n) is 1.03. The number of rotatable bonds is 2. The van der Waals surface area contributed by atoms with Gasteiger partial charge in [0.15, 0.2) is 0 Å². The molecule has 46 valence electrons. The molecule has 0 aromatic carbocycles. The summed E-state index contributed by atoms with van der Waals surface area (Å²) in [5, 5.41) is 5.13. The van der Waals surface area contributed by atoms with E-state index in [1.807, 2.05) is 0 Å². The zero-order valence-corrected chi connectivity index (χ0v) is 5.25. The average Bonchev–Trinajstić information content (AvgIpc) is 1.68. The maximum absolute atomic E-state index is 8.77. The van der Waals surface area contributed by atoms with E-state index in [-0.39, 0.29) is 0 Å². The molecule has 0 unspecified atom stereocenters. The normalized spacial score (nSPS) is 14.3. The fourth-order valence-corrected chi connectivity index (χ4v) is 0.306. The van der Waals surface area contributed by atoms with E-state index < -0.39 is 10.9 Å². The van der Waals surface area contributed by atoms with Crippen molar-refractivity contribution in [2.45, 2.75) is 0 Å². The molecule has 0 saturated carbocycles. The molecule has 5 N–H and O–H groups in total. The van der Waals surface area contributed by atoms with Crippen molar-refractivity contribution in [3.05, 3.63) is 0 Å². The minimum Gasteiger partial charge on any atom is -0.314 e. The molecule has 0 spiro atoms. The Balaban J connectivity index is 3.36. The van der Waals surface area contributed by atoms with E-state index in [9.17, 15) is 0 Å². The van der Waals surface area contributed by atoms with Crippen LogP contribution in [0.4, 0.5) is 0 Å². The largest absolute Gasteiger partial charge is 0.314 e. The van der Waals surface area contributed by atoms with Crippen LogP contribution in [-0.2, 0) is 0 Å². The van der Waals surface area contributed by atoms with E-state index >= 15 is 0 Å². The first kappa shape index (κ1) is 7.19. The van der Waals surface area contributed by atoms with Crippen molar-refractivity contribution in [2.24, 2.45) is 5.14 Å². The van der Waals surface area contributed by atoms with Gasteiger partial charge >= 0.3 is 0 Å². The molecule has 5 heteroatoms. The quantitative estimate of drug-likeness (QED) is 0.398. The third-order valence-electron chi connectivity index (χ3n) is 0.622. The van der Waals surface area contributed by atoms with Gasteiger partial charge in [0.05, 0.1) is 0 Å². The highest BCUT2D eigenvalue weighted by atomic mass is 32.3. The molecule has 0 radical (unpaired) electrons. The van der Waals surface area contributed by atoms with E-state index in [1.54, 1.807) is 14.1 Å². The fraction of sp³-hybridized carbons (Fsp3) is 1.00. The maximum atomic E-state index is 8.77. The van der Waals surface area contributed by atoms with Crippen molar-refractivity contribution in [2.75, 3.05) is 14.1 Å². The Bertz CT molecular complexity index is 50.9. The predicted octanol–water partition coefficient (Wildman–Crippen LogP) is -0.593. The van der Waals surface area contributed by atoms with Crippen molar-refractivity contribution in [1.82, 2.24) is 9.44 Å². The van der Waals surface area contributed by atoms with Gasteiger partial charge in [0.2, 0.25) is 0 Å². The fourth-order valence-electron chi connectivity index (χ4n) is 0.102. The summed E-state index contributed by atoms with van der Waals surface area (Å²) in [4.78, 5) is 0. The lowest BCUT2D eigenvalue weighted by molar-refractivity contribution is 0.606. The minimum atomic E-state index is -2.16. The number of nitrogens with two attached hydrogens (primary N) is 1. The van der Waals surface area contributed by atoms with Gasteiger partial charge in [-0.2, -0.15) is 0 Å². The second kappa shape index (κ2) is 2.49. The van der Waals surface area contributed by atoms with Crippen molar-refractivity contribution < 1.29 is 4.55 Å². The molecule has 7 heavy (non-hydrogen) atoms. The molecule has 0 aliphatic rings. The van der Waals surface area contributed by atoms with Crippen LogP contribution in [0.15, 0.2) is 0 Å². The Hall–Kier alpha value is 0.190. The van der Waals surface area contributed by atoms with Gasteiger partial charge in [-0.3, -0.25) is 5.14 Å². The Morgan fingerprint density at radius 3 is 1.71 bits per heavy atom. The SMILES string of the molecule is CNS(N)(O)NC. The van der Waals surface area contributed by atoms with Crippen LogP contribution in [0.3, 0.4) is 0 Å². The minimum absolute atomic E-state index is 1.59. The lowest BCUT2D eigenvalue weighted by atomic mass is 11.6. The summed E-state index contributed by atoms with van der Waals surface area (Å²) in [5.74, 6) is 0. The van der Waals surface area contributed by atoms with E-state index in [4.69, 9.17) is 9.69 Å². The van der Waals surface area contributed by atoms with E-state index in [0.717, 1.165) is 0 Å². The Morgan fingerprint density at radius 2 is 1.71 bits per heavy atom. The van der Waals surface area contributed by atoms with Gasteiger partial charge in [-0.15, -0.1) is 0 Å². The Labute approximate surface area is 45.0 Å². The zero-order chi connectivity index (χ0) is 5.91. The maximum Gasteiger partial charge on any atom is 0.0340 e. The molecule has 0 aliphatic carbocycles. The average molecular weight is 125 g/mol. The van der Waals surface area contributed by atoms with E-state index in [2.05, 4.69) is 9.44 Å². The summed E-state index contributed by atoms with van der Waals surface area (Å²) in [6.07, 6.45) is 0. The summed E-state index contributed by atoms with van der Waals surface area (Å²) >= 11 is 0. The molecular weight excluding hydrogens is 114 g/mol. The standard InChI is InChI=1S/C2H11N3OS/c1-4-7(3,6)5-2/h4-6H,3H2,1-2H3. The van der Waals surface area contributed by atoms with E-state index in [1.165, 1.54) is 0 Å². The molecule has 0 aromatic rings. The summed E-state index contributed by atoms with van der Waals surface area (Å²) < 4.78 is 13.8. The van der Waals surface area contributed by atoms with Gasteiger partial charge in [0, 0.05) is 10.9 Å². The van der Waals surface area contributed by atoms with Crippen LogP contribution in [0.5, 0.6) is 0 Å². The molecule has 0 aliphatic heterocycles. The number of nitrogens with one attached hydrogen (secondary N) is 2. The van der Waals surface area contributed by atoms with Gasteiger partial charge in [0.25, 0.3) is 0 Å². The first-order valence-corrected chi connectivity index (χ1v) is 3.48. The van der Waals surface area contributed by atoms with Crippen LogP contribution < -0.4 is 14.6 Å². The smallest absolute Gasteiger partial charge is 0.0340 e. The second-order valence-corrected chi connectivity index (χ2v) is 3.10. The Morgan fingerprint density at radius 1 is 1.43 bits per heavy atom. The van der Waals surface area contributed by atoms with E-state index in [0.29, 0.717) is 0 Å². The lowest BCUT2D eigenvalue weighted by Gasteiger charge is -2.25. The van der Waals surface area contributed by atoms with Crippen LogP contribution in [0.25, 0.3) is 0 Å². The van der Waals surface area contributed by atoms with Gasteiger partial charge in [0.1, 0.15) is 0 Å². The summed E-state index contributed by atoms with van der Waals surface area (Å²) in [5.41, 5.74) is 0. The summed E-state index contributed by atoms with van der Waals surface area (Å²) in [6.45, 7) is 0. The molecule has 0 fully saturated rings. The molecule has 0 heterocycles. The molecule has 0 aromatic heterocycles. The van der Waals surface area contributed by atoms with Crippen LogP contribution in [0, 0.1) is 0 Å². The van der Waals surface area contributed by atoms with Gasteiger partial charge in [-0.1, -0.05) is 0 Å². The molecular formula is C2H11N3OS. The van der Waals surface area contributed by atoms with Gasteiger partial charge < -0.3 is 4.55 Å². The van der Waals surface area contributed by atoms with Crippen LogP contribution in [-0.4, -0.2) is 18.6 Å². The monoisotopic (exact) mass is 125 g/mol. The first-order valence-electron chi connectivity index (χ1n) is 1.83. The van der Waals surface area contributed by atoms with Crippen molar-refractivity contribution in [3.8, 4) is 0 Å². The third-order valence-corrected chi connectivity index (χ3v) is 1.87. The highest BCUT2D eigenvalue weighted by Gasteiger charge is 2.03. The predicted molar refractivity (Wildman–Crippen MR) is 32.5 cm³/mol. The van der Waals surface area contributed by atoms with Crippen molar-refractivity contribution in [3.63, 3.8) is 0 Å². The summed E-state index contributed by atoms with van der Waals surface area (Å²) in [7, 11) is 1.02. The molecule has 4 nitrogen and oxygen atoms in total. The van der Waals surface area contributed by atoms with Crippen molar-refractivity contribution in [1.29, 1.82) is 0 Å². The Kier molecular flexibility index (Phi) is 2.55. The molecule has 0 atom stereocenters. The number of hydrogen-bond acceptors (Lipinski definition) is 4. The highest BCUT2D eigenvalue weighted by Crippen LogP contribution is 2.18. The molecule has 0 saturated heterocycles.